The van der Waals surface area contributed by atoms with Crippen molar-refractivity contribution in [2.45, 2.75) is 63.6 Å². The Kier molecular flexibility index (Phi) is 11.5. The van der Waals surface area contributed by atoms with Crippen LogP contribution in [0.5, 0.6) is 17.2 Å². The predicted molar refractivity (Wildman–Crippen MR) is 219 cm³/mol. The fraction of sp³-hybridized carbons (Fsp3) is 0.304. The van der Waals surface area contributed by atoms with Gasteiger partial charge in [-0.3, -0.25) is 14.5 Å². The first-order valence-corrected chi connectivity index (χ1v) is 22.3. The van der Waals surface area contributed by atoms with Crippen LogP contribution in [0.3, 0.4) is 0 Å². The molecule has 7 rings (SSSR count). The summed E-state index contributed by atoms with van der Waals surface area (Å²) in [4.78, 5) is 31.4. The molecular formula is C46H50N2O6Si. The number of hydrogen-bond acceptors (Lipinski definition) is 6. The third kappa shape index (κ3) is 8.10. The first kappa shape index (κ1) is 38.1. The molecule has 0 spiro atoms. The van der Waals surface area contributed by atoms with Crippen LogP contribution in [0.1, 0.15) is 41.3 Å². The lowest BCUT2D eigenvalue weighted by molar-refractivity contribution is -0.135. The van der Waals surface area contributed by atoms with Crippen LogP contribution >= 0.6 is 0 Å². The number of ether oxygens (including phenoxy) is 3. The monoisotopic (exact) mass is 754 g/mol. The molecule has 55 heavy (non-hydrogen) atoms. The van der Waals surface area contributed by atoms with E-state index in [1.165, 1.54) is 5.19 Å². The van der Waals surface area contributed by atoms with Gasteiger partial charge in [-0.1, -0.05) is 104 Å². The fourth-order valence-electron chi connectivity index (χ4n) is 8.55. The van der Waals surface area contributed by atoms with E-state index in [1.807, 2.05) is 97.1 Å². The third-order valence-corrected chi connectivity index (χ3v) is 15.8. The Balaban J connectivity index is 1.11. The first-order chi connectivity index (χ1) is 26.7. The van der Waals surface area contributed by atoms with Crippen molar-refractivity contribution in [3.05, 3.63) is 144 Å². The van der Waals surface area contributed by atoms with Gasteiger partial charge in [0.2, 0.25) is 5.91 Å². The average Bonchev–Trinajstić information content (AvgIpc) is 3.46. The number of aliphatic hydroxyl groups excluding tert-OH is 1. The second kappa shape index (κ2) is 16.6. The number of rotatable bonds is 13. The van der Waals surface area contributed by atoms with E-state index in [0.717, 1.165) is 35.4 Å². The van der Waals surface area contributed by atoms with Crippen LogP contribution < -0.4 is 19.6 Å². The third-order valence-electron chi connectivity index (χ3n) is 11.4. The molecule has 5 aromatic rings. The standard InChI is InChI=1S/C46H50N2O6Si/c1-32-40(27-20-33-18-21-35(22-19-33)48-39-15-9-11-17-42(39)54-41-16-10-8-14-38(41)46(48)51)53-43(45(32)55(3,4)37-25-23-36(52-2)24-26-37)30-44(50)47(28-29-49)31-34-12-6-5-7-13-34/h5-19,21-26,32,40,43,45,49H,20,27-31H2,1-4H3/t32-,40+,43-,45+/m1/s1. The number of para-hydroxylation sites is 3. The van der Waals surface area contributed by atoms with Crippen molar-refractivity contribution in [2.75, 3.05) is 25.2 Å². The van der Waals surface area contributed by atoms with E-state index in [1.54, 1.807) is 23.0 Å². The van der Waals surface area contributed by atoms with Crippen LogP contribution in [0.25, 0.3) is 0 Å². The topological polar surface area (TPSA) is 88.5 Å². The van der Waals surface area contributed by atoms with E-state index < -0.39 is 8.07 Å². The van der Waals surface area contributed by atoms with Crippen LogP contribution in [0.4, 0.5) is 11.4 Å². The van der Waals surface area contributed by atoms with Crippen LogP contribution in [-0.2, 0) is 22.5 Å². The maximum atomic E-state index is 14.0. The summed E-state index contributed by atoms with van der Waals surface area (Å²) in [6.07, 6.45) is 1.55. The van der Waals surface area contributed by atoms with Gasteiger partial charge in [0.1, 0.15) is 11.5 Å². The molecule has 2 amide bonds. The number of benzene rings is 5. The zero-order valence-corrected chi connectivity index (χ0v) is 33.1. The number of carbonyl (C=O) groups is 2. The van der Waals surface area contributed by atoms with E-state index >= 15 is 0 Å². The van der Waals surface area contributed by atoms with Crippen LogP contribution in [0, 0.1) is 5.92 Å². The second-order valence-corrected chi connectivity index (χ2v) is 19.9. The Hall–Kier alpha value is -5.22. The lowest BCUT2D eigenvalue weighted by atomic mass is 9.95. The number of anilines is 2. The van der Waals surface area contributed by atoms with E-state index in [0.29, 0.717) is 29.3 Å². The molecule has 1 saturated heterocycles. The quantitative estimate of drug-likeness (QED) is 0.121. The zero-order valence-electron chi connectivity index (χ0n) is 32.1. The van der Waals surface area contributed by atoms with Crippen molar-refractivity contribution in [2.24, 2.45) is 5.92 Å². The summed E-state index contributed by atoms with van der Waals surface area (Å²) in [6.45, 7) is 7.68. The van der Waals surface area contributed by atoms with Gasteiger partial charge in [-0.25, -0.2) is 0 Å². The van der Waals surface area contributed by atoms with Crippen LogP contribution in [-0.4, -0.2) is 62.4 Å². The Morgan fingerprint density at radius 2 is 1.49 bits per heavy atom. The van der Waals surface area contributed by atoms with Crippen LogP contribution in [0.2, 0.25) is 18.6 Å². The molecule has 0 unspecified atom stereocenters. The number of hydrogen-bond donors (Lipinski definition) is 1. The molecular weight excluding hydrogens is 705 g/mol. The minimum absolute atomic E-state index is 0.00599. The van der Waals surface area contributed by atoms with Gasteiger partial charge in [0.25, 0.3) is 5.91 Å². The van der Waals surface area contributed by atoms with Gasteiger partial charge >= 0.3 is 0 Å². The molecule has 0 bridgehead atoms. The number of aliphatic hydroxyl groups is 1. The zero-order chi connectivity index (χ0) is 38.5. The summed E-state index contributed by atoms with van der Waals surface area (Å²) < 4.78 is 18.6. The number of methoxy groups -OCH3 is 1. The summed E-state index contributed by atoms with van der Waals surface area (Å²) in [7, 11) is -0.513. The molecule has 9 heteroatoms. The molecule has 4 atom stereocenters. The number of nitrogens with zero attached hydrogens (tertiary/aromatic N) is 2. The van der Waals surface area contributed by atoms with Gasteiger partial charge in [-0.15, -0.1) is 0 Å². The van der Waals surface area contributed by atoms with Crippen molar-refractivity contribution >= 4 is 36.4 Å². The number of carbonyl (C=O) groups excluding carboxylic acids is 2. The molecule has 2 aliphatic rings. The summed E-state index contributed by atoms with van der Waals surface area (Å²) in [5.74, 6) is 2.06. The Morgan fingerprint density at radius 3 is 2.20 bits per heavy atom. The highest BCUT2D eigenvalue weighted by Gasteiger charge is 2.51. The fourth-order valence-corrected chi connectivity index (χ4v) is 12.6. The van der Waals surface area contributed by atoms with Gasteiger partial charge in [0.05, 0.1) is 51.7 Å². The molecule has 0 radical (unpaired) electrons. The molecule has 0 aromatic heterocycles. The predicted octanol–water partition coefficient (Wildman–Crippen LogP) is 8.51. The Labute approximate surface area is 325 Å². The molecule has 8 nitrogen and oxygen atoms in total. The number of fused-ring (bicyclic) bond motifs is 2. The van der Waals surface area contributed by atoms with Gasteiger partial charge in [0, 0.05) is 18.8 Å². The normalized spacial score (nSPS) is 19.2. The van der Waals surface area contributed by atoms with Crippen LogP contribution in [0.15, 0.2) is 127 Å². The van der Waals surface area contributed by atoms with Crippen molar-refractivity contribution in [3.63, 3.8) is 0 Å². The molecule has 0 aliphatic carbocycles. The molecule has 284 valence electrons. The van der Waals surface area contributed by atoms with Crippen molar-refractivity contribution in [1.82, 2.24) is 4.90 Å². The maximum Gasteiger partial charge on any atom is 0.266 e. The largest absolute Gasteiger partial charge is 0.497 e. The summed E-state index contributed by atoms with van der Waals surface area (Å²) in [6, 6.07) is 41.5. The molecule has 5 aromatic carbocycles. The molecule has 0 saturated carbocycles. The SMILES string of the molecule is COc1ccc([Si](C)(C)[C@H]2[C@H](C)[C@H](CCc3ccc(N4C(=O)c5ccccc5Oc5ccccc54)cc3)O[C@@H]2CC(=O)N(CCO)Cc2ccccc2)cc1. The molecule has 1 N–H and O–H groups in total. The molecule has 2 aliphatic heterocycles. The van der Waals surface area contributed by atoms with Gasteiger partial charge in [0.15, 0.2) is 5.75 Å². The lowest BCUT2D eigenvalue weighted by Crippen LogP contribution is -2.51. The van der Waals surface area contributed by atoms with E-state index in [9.17, 15) is 14.7 Å². The van der Waals surface area contributed by atoms with Crippen molar-refractivity contribution in [3.8, 4) is 17.2 Å². The van der Waals surface area contributed by atoms with E-state index in [2.05, 4.69) is 44.3 Å². The smallest absolute Gasteiger partial charge is 0.266 e. The highest BCUT2D eigenvalue weighted by molar-refractivity contribution is 6.91. The minimum atomic E-state index is -2.19. The summed E-state index contributed by atoms with van der Waals surface area (Å²) in [5.41, 5.74) is 4.33. The second-order valence-electron chi connectivity index (χ2n) is 15.2. The summed E-state index contributed by atoms with van der Waals surface area (Å²) >= 11 is 0. The van der Waals surface area contributed by atoms with Gasteiger partial charge in [-0.2, -0.15) is 0 Å². The van der Waals surface area contributed by atoms with Crippen molar-refractivity contribution < 1.29 is 28.9 Å². The van der Waals surface area contributed by atoms with Crippen molar-refractivity contribution in [1.29, 1.82) is 0 Å². The Morgan fingerprint density at radius 1 is 0.818 bits per heavy atom. The van der Waals surface area contributed by atoms with Gasteiger partial charge in [-0.05, 0) is 84.0 Å². The minimum Gasteiger partial charge on any atom is -0.497 e. The van der Waals surface area contributed by atoms with E-state index in [-0.39, 0.29) is 55.1 Å². The highest BCUT2D eigenvalue weighted by Crippen LogP contribution is 2.47. The lowest BCUT2D eigenvalue weighted by Gasteiger charge is -2.36. The van der Waals surface area contributed by atoms with E-state index in [4.69, 9.17) is 14.2 Å². The average molecular weight is 755 g/mol. The number of aryl methyl sites for hydroxylation is 1. The molecule has 1 fully saturated rings. The summed E-state index contributed by atoms with van der Waals surface area (Å²) in [5, 5.41) is 11.2. The molecule has 2 heterocycles. The number of amides is 2. The maximum absolute atomic E-state index is 14.0. The highest BCUT2D eigenvalue weighted by atomic mass is 28.3. The van der Waals surface area contributed by atoms with Gasteiger partial charge < -0.3 is 24.2 Å². The Bertz CT molecular complexity index is 2090. The first-order valence-electron chi connectivity index (χ1n) is 19.2.